The van der Waals surface area contributed by atoms with Crippen molar-refractivity contribution in [2.24, 2.45) is 0 Å². The fourth-order valence-electron chi connectivity index (χ4n) is 3.14. The second-order valence-corrected chi connectivity index (χ2v) is 6.69. The maximum Gasteiger partial charge on any atom is 0.416 e. The third-order valence-electron chi connectivity index (χ3n) is 4.74. The smallest absolute Gasteiger partial charge is 0.416 e. The summed E-state index contributed by atoms with van der Waals surface area (Å²) in [5.41, 5.74) is -0.0250. The molecule has 3 aromatic rings. The molecule has 1 saturated carbocycles. The number of nitrogens with zero attached hydrogens (tertiary/aromatic N) is 3. The normalized spacial score (nSPS) is 16.0. The number of furan rings is 1. The van der Waals surface area contributed by atoms with Crippen LogP contribution in [0.2, 0.25) is 0 Å². The molecule has 0 saturated heterocycles. The van der Waals surface area contributed by atoms with Crippen molar-refractivity contribution >= 4 is 0 Å². The van der Waals surface area contributed by atoms with Gasteiger partial charge in [0.15, 0.2) is 5.76 Å². The Bertz CT molecular complexity index is 901. The van der Waals surface area contributed by atoms with Crippen molar-refractivity contribution < 1.29 is 22.1 Å². The number of hydrogen-bond donors (Lipinski definition) is 0. The minimum atomic E-state index is -4.36. The largest absolute Gasteiger partial charge is 0.461 e. The summed E-state index contributed by atoms with van der Waals surface area (Å²) < 4.78 is 49.7. The molecule has 142 valence electrons. The molecule has 4 rings (SSSR count). The summed E-state index contributed by atoms with van der Waals surface area (Å²) in [7, 11) is 0. The van der Waals surface area contributed by atoms with Crippen LogP contribution >= 0.6 is 0 Å². The SMILES string of the molecule is CC(c1cccc(C(F)(F)F)c1)N(Cc1nc(-c2ccco2)no1)C1CC1. The Morgan fingerprint density at radius 1 is 1.22 bits per heavy atom. The van der Waals surface area contributed by atoms with Gasteiger partial charge in [-0.2, -0.15) is 18.2 Å². The van der Waals surface area contributed by atoms with Gasteiger partial charge in [-0.05, 0) is 49.6 Å². The first-order valence-corrected chi connectivity index (χ1v) is 8.71. The fraction of sp³-hybridized carbons (Fsp3) is 0.368. The maximum absolute atomic E-state index is 13.0. The number of benzene rings is 1. The first-order chi connectivity index (χ1) is 12.9. The van der Waals surface area contributed by atoms with E-state index in [1.807, 2.05) is 6.92 Å². The third-order valence-corrected chi connectivity index (χ3v) is 4.74. The van der Waals surface area contributed by atoms with Crippen LogP contribution in [0.25, 0.3) is 11.6 Å². The molecule has 27 heavy (non-hydrogen) atoms. The van der Waals surface area contributed by atoms with Crippen molar-refractivity contribution in [1.82, 2.24) is 15.0 Å². The van der Waals surface area contributed by atoms with Crippen LogP contribution in [-0.4, -0.2) is 21.1 Å². The lowest BCUT2D eigenvalue weighted by molar-refractivity contribution is -0.137. The van der Waals surface area contributed by atoms with Crippen molar-refractivity contribution in [3.8, 4) is 11.6 Å². The summed E-state index contributed by atoms with van der Waals surface area (Å²) in [6.07, 6.45) is -0.826. The highest BCUT2D eigenvalue weighted by molar-refractivity contribution is 5.44. The van der Waals surface area contributed by atoms with E-state index in [9.17, 15) is 13.2 Å². The van der Waals surface area contributed by atoms with E-state index in [0.717, 1.165) is 18.9 Å². The summed E-state index contributed by atoms with van der Waals surface area (Å²) in [6.45, 7) is 2.27. The molecule has 1 fully saturated rings. The van der Waals surface area contributed by atoms with E-state index in [2.05, 4.69) is 15.0 Å². The van der Waals surface area contributed by atoms with Crippen molar-refractivity contribution in [3.05, 3.63) is 59.7 Å². The van der Waals surface area contributed by atoms with Crippen molar-refractivity contribution in [2.45, 2.75) is 44.6 Å². The highest BCUT2D eigenvalue weighted by Crippen LogP contribution is 2.37. The Morgan fingerprint density at radius 3 is 2.70 bits per heavy atom. The average Bonchev–Trinajstić information content (AvgIpc) is 3.14. The standard InChI is InChI=1S/C19H18F3N3O2/c1-12(13-4-2-5-14(10-13)19(20,21)22)25(15-7-8-15)11-17-23-18(24-27-17)16-6-3-9-26-16/h2-6,9-10,12,15H,7-8,11H2,1H3. The van der Waals surface area contributed by atoms with Crippen LogP contribution in [0.5, 0.6) is 0 Å². The van der Waals surface area contributed by atoms with Crippen molar-refractivity contribution in [2.75, 3.05) is 0 Å². The number of hydrogen-bond acceptors (Lipinski definition) is 5. The van der Waals surface area contributed by atoms with Crippen LogP contribution in [0.15, 0.2) is 51.6 Å². The van der Waals surface area contributed by atoms with Gasteiger partial charge in [0.25, 0.3) is 0 Å². The van der Waals surface area contributed by atoms with Gasteiger partial charge in [-0.3, -0.25) is 4.90 Å². The van der Waals surface area contributed by atoms with Crippen LogP contribution < -0.4 is 0 Å². The summed E-state index contributed by atoms with van der Waals surface area (Å²) in [4.78, 5) is 6.45. The zero-order valence-corrected chi connectivity index (χ0v) is 14.6. The quantitative estimate of drug-likeness (QED) is 0.600. The van der Waals surface area contributed by atoms with Gasteiger partial charge < -0.3 is 8.94 Å². The minimum absolute atomic E-state index is 0.209. The zero-order chi connectivity index (χ0) is 19.0. The molecule has 0 aliphatic heterocycles. The minimum Gasteiger partial charge on any atom is -0.461 e. The van der Waals surface area contributed by atoms with Crippen LogP contribution in [0.3, 0.4) is 0 Å². The summed E-state index contributed by atoms with van der Waals surface area (Å²) in [5.74, 6) is 1.28. The maximum atomic E-state index is 13.0. The highest BCUT2D eigenvalue weighted by Gasteiger charge is 2.35. The number of alkyl halides is 3. The Labute approximate surface area is 153 Å². The summed E-state index contributed by atoms with van der Waals surface area (Å²) in [5, 5.41) is 3.91. The van der Waals surface area contributed by atoms with Gasteiger partial charge in [-0.25, -0.2) is 0 Å². The van der Waals surface area contributed by atoms with Crippen LogP contribution in [0.1, 0.15) is 42.8 Å². The molecule has 1 aromatic carbocycles. The lowest BCUT2D eigenvalue weighted by Gasteiger charge is -2.28. The Kier molecular flexibility index (Phi) is 4.51. The summed E-state index contributed by atoms with van der Waals surface area (Å²) in [6, 6.07) is 9.02. The number of halogens is 3. The molecule has 1 unspecified atom stereocenters. The second-order valence-electron chi connectivity index (χ2n) is 6.69. The predicted octanol–water partition coefficient (Wildman–Crippen LogP) is 5.07. The molecule has 0 amide bonds. The Balaban J connectivity index is 1.55. The summed E-state index contributed by atoms with van der Waals surface area (Å²) >= 11 is 0. The number of rotatable bonds is 6. The molecule has 0 spiro atoms. The van der Waals surface area contributed by atoms with E-state index in [0.29, 0.717) is 35.6 Å². The average molecular weight is 377 g/mol. The second kappa shape index (κ2) is 6.84. The third kappa shape index (κ3) is 3.90. The van der Waals surface area contributed by atoms with E-state index >= 15 is 0 Å². The topological polar surface area (TPSA) is 55.3 Å². The molecular formula is C19H18F3N3O2. The molecule has 5 nitrogen and oxygen atoms in total. The van der Waals surface area contributed by atoms with Crippen LogP contribution in [-0.2, 0) is 12.7 Å². The molecule has 0 N–H and O–H groups in total. The zero-order valence-electron chi connectivity index (χ0n) is 14.6. The predicted molar refractivity (Wildman–Crippen MR) is 90.4 cm³/mol. The molecule has 1 atom stereocenters. The van der Waals surface area contributed by atoms with Crippen LogP contribution in [0, 0.1) is 0 Å². The van der Waals surface area contributed by atoms with E-state index in [1.54, 1.807) is 18.2 Å². The molecule has 2 heterocycles. The molecule has 1 aliphatic rings. The molecule has 0 radical (unpaired) electrons. The van der Waals surface area contributed by atoms with Gasteiger partial charge in [0, 0.05) is 12.1 Å². The first kappa shape index (κ1) is 17.8. The van der Waals surface area contributed by atoms with Gasteiger partial charge in [-0.15, -0.1) is 0 Å². The Hall–Kier alpha value is -2.61. The van der Waals surface area contributed by atoms with E-state index in [-0.39, 0.29) is 6.04 Å². The van der Waals surface area contributed by atoms with Gasteiger partial charge in [0.05, 0.1) is 18.4 Å². The number of aromatic nitrogens is 2. The van der Waals surface area contributed by atoms with Gasteiger partial charge in [0.2, 0.25) is 11.7 Å². The molecule has 0 bridgehead atoms. The van der Waals surface area contributed by atoms with Crippen molar-refractivity contribution in [3.63, 3.8) is 0 Å². The Morgan fingerprint density at radius 2 is 2.04 bits per heavy atom. The molecule has 8 heteroatoms. The molecule has 1 aliphatic carbocycles. The van der Waals surface area contributed by atoms with Crippen LogP contribution in [0.4, 0.5) is 13.2 Å². The van der Waals surface area contributed by atoms with E-state index in [1.165, 1.54) is 18.4 Å². The lowest BCUT2D eigenvalue weighted by atomic mass is 10.0. The highest BCUT2D eigenvalue weighted by atomic mass is 19.4. The monoisotopic (exact) mass is 377 g/mol. The van der Waals surface area contributed by atoms with Gasteiger partial charge in [0.1, 0.15) is 0 Å². The van der Waals surface area contributed by atoms with Gasteiger partial charge in [-0.1, -0.05) is 17.3 Å². The van der Waals surface area contributed by atoms with Crippen molar-refractivity contribution in [1.29, 1.82) is 0 Å². The first-order valence-electron chi connectivity index (χ1n) is 8.71. The molecular weight excluding hydrogens is 359 g/mol. The van der Waals surface area contributed by atoms with E-state index in [4.69, 9.17) is 8.94 Å². The molecule has 2 aromatic heterocycles. The van der Waals surface area contributed by atoms with E-state index < -0.39 is 11.7 Å². The van der Waals surface area contributed by atoms with Gasteiger partial charge >= 0.3 is 6.18 Å². The lowest BCUT2D eigenvalue weighted by Crippen LogP contribution is -2.29. The fourth-order valence-corrected chi connectivity index (χ4v) is 3.14.